The third kappa shape index (κ3) is 2.58. The van der Waals surface area contributed by atoms with Crippen LogP contribution in [0.25, 0.3) is 5.65 Å². The Balaban J connectivity index is 1.72. The molecular weight excluding hydrogens is 270 g/mol. The van der Waals surface area contributed by atoms with Crippen molar-refractivity contribution in [2.45, 2.75) is 19.8 Å². The number of aryl methyl sites for hydroxylation is 1. The summed E-state index contributed by atoms with van der Waals surface area (Å²) in [6.45, 7) is 3.34. The molecule has 0 aromatic carbocycles. The van der Waals surface area contributed by atoms with Crippen LogP contribution in [-0.4, -0.2) is 50.9 Å². The number of fused-ring (bicyclic) bond motifs is 1. The normalized spacial score (nSPS) is 14.6. The second-order valence-electron chi connectivity index (χ2n) is 5.12. The van der Waals surface area contributed by atoms with E-state index in [2.05, 4.69) is 15.4 Å². The quantitative estimate of drug-likeness (QED) is 0.885. The Hall–Kier alpha value is -2.44. The van der Waals surface area contributed by atoms with Gasteiger partial charge in [-0.2, -0.15) is 5.10 Å². The molecule has 3 rings (SSSR count). The largest absolute Gasteiger partial charge is 0.343 e. The molecule has 0 unspecified atom stereocenters. The summed E-state index contributed by atoms with van der Waals surface area (Å²) in [7, 11) is 0. The third-order valence-corrected chi connectivity index (χ3v) is 3.66. The van der Waals surface area contributed by atoms with E-state index in [4.69, 9.17) is 0 Å². The molecule has 110 valence electrons. The maximum absolute atomic E-state index is 12.3. The molecule has 1 fully saturated rings. The number of nitrogens with one attached hydrogen (secondary N) is 1. The topological polar surface area (TPSA) is 79.6 Å². The number of hydrogen-bond acceptors (Lipinski definition) is 4. The van der Waals surface area contributed by atoms with Crippen molar-refractivity contribution < 1.29 is 9.59 Å². The van der Waals surface area contributed by atoms with Crippen molar-refractivity contribution >= 4 is 17.5 Å². The molecule has 1 N–H and O–H groups in total. The summed E-state index contributed by atoms with van der Waals surface area (Å²) in [6.07, 6.45) is 5.43. The molecule has 0 spiro atoms. The molecule has 7 nitrogen and oxygen atoms in total. The number of nitrogens with zero attached hydrogens (tertiary/aromatic N) is 4. The molecule has 1 saturated heterocycles. The molecule has 0 saturated carbocycles. The average Bonchev–Trinajstić information content (AvgIpc) is 3.10. The number of likely N-dealkylation sites (tertiary alicyclic amines) is 1. The molecule has 3 heterocycles. The van der Waals surface area contributed by atoms with E-state index in [0.29, 0.717) is 16.9 Å². The van der Waals surface area contributed by atoms with E-state index in [9.17, 15) is 9.59 Å². The number of aromatic nitrogens is 3. The van der Waals surface area contributed by atoms with Crippen LogP contribution in [0.5, 0.6) is 0 Å². The zero-order valence-corrected chi connectivity index (χ0v) is 11.9. The van der Waals surface area contributed by atoms with Crippen molar-refractivity contribution in [3.8, 4) is 0 Å². The van der Waals surface area contributed by atoms with Gasteiger partial charge in [-0.3, -0.25) is 9.59 Å². The van der Waals surface area contributed by atoms with Crippen molar-refractivity contribution in [1.82, 2.24) is 24.8 Å². The van der Waals surface area contributed by atoms with E-state index in [0.717, 1.165) is 25.9 Å². The fourth-order valence-corrected chi connectivity index (χ4v) is 2.59. The third-order valence-electron chi connectivity index (χ3n) is 3.66. The average molecular weight is 287 g/mol. The Labute approximate surface area is 122 Å². The smallest absolute Gasteiger partial charge is 0.257 e. The van der Waals surface area contributed by atoms with Gasteiger partial charge in [0.15, 0.2) is 5.65 Å². The van der Waals surface area contributed by atoms with E-state index in [1.54, 1.807) is 34.8 Å². The van der Waals surface area contributed by atoms with E-state index in [1.807, 2.05) is 0 Å². The summed E-state index contributed by atoms with van der Waals surface area (Å²) in [5.41, 5.74) is 1.52. The molecule has 21 heavy (non-hydrogen) atoms. The second-order valence-corrected chi connectivity index (χ2v) is 5.12. The first-order valence-electron chi connectivity index (χ1n) is 7.03. The van der Waals surface area contributed by atoms with Crippen molar-refractivity contribution in [3.05, 3.63) is 29.7 Å². The van der Waals surface area contributed by atoms with Crippen LogP contribution in [0.15, 0.2) is 18.5 Å². The molecule has 0 bridgehead atoms. The van der Waals surface area contributed by atoms with Crippen LogP contribution in [0.3, 0.4) is 0 Å². The van der Waals surface area contributed by atoms with Crippen molar-refractivity contribution in [2.24, 2.45) is 0 Å². The van der Waals surface area contributed by atoms with Gasteiger partial charge in [-0.15, -0.1) is 0 Å². The SMILES string of the molecule is Cc1nn2cccnc2c1C(=O)NCC(=O)N1CCCC1. The van der Waals surface area contributed by atoms with Gasteiger partial charge < -0.3 is 10.2 Å². The molecule has 2 aromatic rings. The zero-order valence-electron chi connectivity index (χ0n) is 11.9. The van der Waals surface area contributed by atoms with Crippen LogP contribution in [0.2, 0.25) is 0 Å². The molecular formula is C14H17N5O2. The first kappa shape index (κ1) is 13.5. The number of amides is 2. The first-order chi connectivity index (χ1) is 10.2. The number of carbonyl (C=O) groups is 2. The van der Waals surface area contributed by atoms with Crippen molar-refractivity contribution in [1.29, 1.82) is 0 Å². The minimum absolute atomic E-state index is 0.0163. The highest BCUT2D eigenvalue weighted by atomic mass is 16.2. The van der Waals surface area contributed by atoms with Gasteiger partial charge in [0.2, 0.25) is 5.91 Å². The van der Waals surface area contributed by atoms with Crippen LogP contribution in [0.1, 0.15) is 28.9 Å². The molecule has 0 aliphatic carbocycles. The van der Waals surface area contributed by atoms with Crippen molar-refractivity contribution in [3.63, 3.8) is 0 Å². The lowest BCUT2D eigenvalue weighted by Crippen LogP contribution is -2.38. The summed E-state index contributed by atoms with van der Waals surface area (Å²) in [5.74, 6) is -0.350. The first-order valence-corrected chi connectivity index (χ1v) is 7.03. The Morgan fingerprint density at radius 2 is 2.10 bits per heavy atom. The lowest BCUT2D eigenvalue weighted by molar-refractivity contribution is -0.129. The zero-order chi connectivity index (χ0) is 14.8. The molecule has 1 aliphatic rings. The Morgan fingerprint density at radius 1 is 1.33 bits per heavy atom. The fraction of sp³-hybridized carbons (Fsp3) is 0.429. The maximum Gasteiger partial charge on any atom is 0.257 e. The van der Waals surface area contributed by atoms with E-state index in [1.165, 1.54) is 0 Å². The second kappa shape index (κ2) is 5.51. The highest BCUT2D eigenvalue weighted by Crippen LogP contribution is 2.12. The minimum atomic E-state index is -0.311. The van der Waals surface area contributed by atoms with Crippen LogP contribution >= 0.6 is 0 Å². The summed E-state index contributed by atoms with van der Waals surface area (Å²) in [6, 6.07) is 1.75. The lowest BCUT2D eigenvalue weighted by Gasteiger charge is -2.15. The van der Waals surface area contributed by atoms with E-state index >= 15 is 0 Å². The molecule has 0 radical (unpaired) electrons. The van der Waals surface area contributed by atoms with E-state index < -0.39 is 0 Å². The van der Waals surface area contributed by atoms with Gasteiger partial charge in [-0.05, 0) is 25.8 Å². The Morgan fingerprint density at radius 3 is 2.86 bits per heavy atom. The van der Waals surface area contributed by atoms with Gasteiger partial charge in [0, 0.05) is 25.5 Å². The summed E-state index contributed by atoms with van der Waals surface area (Å²) in [5, 5.41) is 6.91. The highest BCUT2D eigenvalue weighted by molar-refractivity contribution is 6.02. The molecule has 2 aromatic heterocycles. The Bertz CT molecular complexity index is 688. The fourth-order valence-electron chi connectivity index (χ4n) is 2.59. The standard InChI is InChI=1S/C14H17N5O2/c1-10-12(13-15-5-4-8-19(13)17-10)14(21)16-9-11(20)18-6-2-3-7-18/h4-5,8H,2-3,6-7,9H2,1H3,(H,16,21). The van der Waals surface area contributed by atoms with Gasteiger partial charge >= 0.3 is 0 Å². The number of rotatable bonds is 3. The lowest BCUT2D eigenvalue weighted by atomic mass is 10.2. The minimum Gasteiger partial charge on any atom is -0.343 e. The number of hydrogen-bond donors (Lipinski definition) is 1. The van der Waals surface area contributed by atoms with Crippen molar-refractivity contribution in [2.75, 3.05) is 19.6 Å². The van der Waals surface area contributed by atoms with Crippen LogP contribution in [-0.2, 0) is 4.79 Å². The predicted octanol–water partition coefficient (Wildman–Crippen LogP) is 0.390. The molecule has 1 aliphatic heterocycles. The van der Waals surface area contributed by atoms with Gasteiger partial charge in [-0.25, -0.2) is 9.50 Å². The summed E-state index contributed by atoms with van der Waals surface area (Å²) < 4.78 is 1.56. The van der Waals surface area contributed by atoms with E-state index in [-0.39, 0.29) is 18.4 Å². The van der Waals surface area contributed by atoms with Gasteiger partial charge in [-0.1, -0.05) is 0 Å². The molecule has 0 atom stereocenters. The summed E-state index contributed by atoms with van der Waals surface area (Å²) >= 11 is 0. The predicted molar refractivity (Wildman–Crippen MR) is 75.9 cm³/mol. The van der Waals surface area contributed by atoms with Gasteiger partial charge in [0.05, 0.1) is 12.2 Å². The van der Waals surface area contributed by atoms with Gasteiger partial charge in [0.25, 0.3) is 5.91 Å². The molecule has 2 amide bonds. The summed E-state index contributed by atoms with van der Waals surface area (Å²) in [4.78, 5) is 30.2. The van der Waals surface area contributed by atoms with Crippen LogP contribution in [0, 0.1) is 6.92 Å². The monoisotopic (exact) mass is 287 g/mol. The van der Waals surface area contributed by atoms with Gasteiger partial charge in [0.1, 0.15) is 5.56 Å². The Kier molecular flexibility index (Phi) is 3.55. The van der Waals surface area contributed by atoms with Crippen LogP contribution < -0.4 is 5.32 Å². The maximum atomic E-state index is 12.3. The highest BCUT2D eigenvalue weighted by Gasteiger charge is 2.21. The van der Waals surface area contributed by atoms with Crippen LogP contribution in [0.4, 0.5) is 0 Å². The number of carbonyl (C=O) groups excluding carboxylic acids is 2. The molecule has 7 heteroatoms.